The maximum atomic E-state index is 11.9. The van der Waals surface area contributed by atoms with Gasteiger partial charge in [-0.05, 0) is 31.5 Å². The summed E-state index contributed by atoms with van der Waals surface area (Å²) in [5.74, 6) is 0.307. The molecule has 0 saturated carbocycles. The topological polar surface area (TPSA) is 29.5 Å². The van der Waals surface area contributed by atoms with Crippen molar-refractivity contribution >= 4 is 5.97 Å². The Morgan fingerprint density at radius 3 is 2.42 bits per heavy atom. The number of carbonyl (C=O) groups excluding carboxylic acids is 1. The number of hydrogen-bond acceptors (Lipinski definition) is 3. The average molecular weight is 263 g/mol. The molecule has 0 aliphatic heterocycles. The van der Waals surface area contributed by atoms with Gasteiger partial charge in [-0.15, -0.1) is 0 Å². The fourth-order valence-electron chi connectivity index (χ4n) is 2.03. The van der Waals surface area contributed by atoms with E-state index in [-0.39, 0.29) is 11.9 Å². The lowest BCUT2D eigenvalue weighted by Crippen LogP contribution is -2.30. The predicted octanol–water partition coefficient (Wildman–Crippen LogP) is 2.92. The lowest BCUT2D eigenvalue weighted by atomic mass is 9.98. The van der Waals surface area contributed by atoms with Gasteiger partial charge in [-0.25, -0.2) is 0 Å². The number of carbonyl (C=O) groups is 1. The van der Waals surface area contributed by atoms with Crippen molar-refractivity contribution in [1.29, 1.82) is 0 Å². The molecule has 0 aromatic heterocycles. The van der Waals surface area contributed by atoms with E-state index in [2.05, 4.69) is 25.8 Å². The van der Waals surface area contributed by atoms with E-state index in [1.165, 1.54) is 7.11 Å². The highest BCUT2D eigenvalue weighted by atomic mass is 16.5. The maximum Gasteiger partial charge on any atom is 0.314 e. The van der Waals surface area contributed by atoms with Crippen LogP contribution < -0.4 is 0 Å². The number of esters is 1. The summed E-state index contributed by atoms with van der Waals surface area (Å²) in [5, 5.41) is 0. The molecular weight excluding hydrogens is 238 g/mol. The minimum Gasteiger partial charge on any atom is -0.469 e. The minimum absolute atomic E-state index is 0.164. The molecule has 0 aliphatic rings. The Labute approximate surface area is 116 Å². The summed E-state index contributed by atoms with van der Waals surface area (Å²) in [6.07, 6.45) is 1.14. The molecule has 1 unspecified atom stereocenters. The maximum absolute atomic E-state index is 11.9. The van der Waals surface area contributed by atoms with Crippen molar-refractivity contribution in [2.24, 2.45) is 5.92 Å². The normalized spacial score (nSPS) is 12.7. The molecule has 0 heterocycles. The molecule has 0 fully saturated rings. The van der Waals surface area contributed by atoms with Gasteiger partial charge in [0.1, 0.15) is 0 Å². The summed E-state index contributed by atoms with van der Waals surface area (Å²) in [5.41, 5.74) is 1.02. The van der Waals surface area contributed by atoms with Crippen LogP contribution in [0.4, 0.5) is 0 Å². The lowest BCUT2D eigenvalue weighted by Gasteiger charge is -2.23. The number of nitrogens with zero attached hydrogens (tertiary/aromatic N) is 1. The molecule has 106 valence electrons. The monoisotopic (exact) mass is 263 g/mol. The van der Waals surface area contributed by atoms with Crippen molar-refractivity contribution in [1.82, 2.24) is 4.90 Å². The van der Waals surface area contributed by atoms with Crippen LogP contribution >= 0.6 is 0 Å². The van der Waals surface area contributed by atoms with Crippen LogP contribution in [0.1, 0.15) is 31.7 Å². The van der Waals surface area contributed by atoms with Crippen molar-refractivity contribution < 1.29 is 9.53 Å². The van der Waals surface area contributed by atoms with E-state index in [1.807, 2.05) is 30.3 Å². The Hall–Kier alpha value is -1.35. The zero-order valence-corrected chi connectivity index (χ0v) is 12.4. The van der Waals surface area contributed by atoms with Gasteiger partial charge in [0.2, 0.25) is 0 Å². The molecule has 0 bridgehead atoms. The second-order valence-electron chi connectivity index (χ2n) is 5.43. The SMILES string of the molecule is COC(=O)C(CN(C)CCC(C)C)c1ccccc1. The summed E-state index contributed by atoms with van der Waals surface area (Å²) in [6, 6.07) is 9.84. The Morgan fingerprint density at radius 2 is 1.89 bits per heavy atom. The largest absolute Gasteiger partial charge is 0.469 e. The summed E-state index contributed by atoms with van der Waals surface area (Å²) in [4.78, 5) is 14.1. The van der Waals surface area contributed by atoms with E-state index in [4.69, 9.17) is 4.74 Å². The highest BCUT2D eigenvalue weighted by Crippen LogP contribution is 2.18. The van der Waals surface area contributed by atoms with E-state index < -0.39 is 0 Å². The Kier molecular flexibility index (Phi) is 6.57. The molecule has 0 spiro atoms. The van der Waals surface area contributed by atoms with Crippen molar-refractivity contribution in [2.45, 2.75) is 26.2 Å². The number of methoxy groups -OCH3 is 1. The van der Waals surface area contributed by atoms with Gasteiger partial charge >= 0.3 is 5.97 Å². The molecule has 0 amide bonds. The van der Waals surface area contributed by atoms with E-state index >= 15 is 0 Å². The van der Waals surface area contributed by atoms with Crippen LogP contribution in [-0.4, -0.2) is 38.1 Å². The van der Waals surface area contributed by atoms with Crippen LogP contribution in [0.5, 0.6) is 0 Å². The highest BCUT2D eigenvalue weighted by Gasteiger charge is 2.22. The van der Waals surface area contributed by atoms with Gasteiger partial charge < -0.3 is 9.64 Å². The molecule has 3 heteroatoms. The van der Waals surface area contributed by atoms with E-state index in [9.17, 15) is 4.79 Å². The molecule has 1 rings (SSSR count). The molecule has 0 N–H and O–H groups in total. The first kappa shape index (κ1) is 15.7. The highest BCUT2D eigenvalue weighted by molar-refractivity contribution is 5.78. The second kappa shape index (κ2) is 7.95. The van der Waals surface area contributed by atoms with Crippen molar-refractivity contribution in [3.63, 3.8) is 0 Å². The molecule has 0 aliphatic carbocycles. The number of likely N-dealkylation sites (N-methyl/N-ethyl adjacent to an activating group) is 1. The molecule has 1 aromatic rings. The molecule has 1 aromatic carbocycles. The van der Waals surface area contributed by atoms with Crippen LogP contribution in [0, 0.1) is 5.92 Å². The van der Waals surface area contributed by atoms with E-state index in [1.54, 1.807) is 0 Å². The first-order chi connectivity index (χ1) is 9.04. The van der Waals surface area contributed by atoms with Gasteiger partial charge in [0.25, 0.3) is 0 Å². The third kappa shape index (κ3) is 5.43. The van der Waals surface area contributed by atoms with Gasteiger partial charge in [-0.3, -0.25) is 4.79 Å². The van der Waals surface area contributed by atoms with Crippen LogP contribution in [0.25, 0.3) is 0 Å². The van der Waals surface area contributed by atoms with Gasteiger partial charge in [0, 0.05) is 6.54 Å². The number of rotatable bonds is 7. The van der Waals surface area contributed by atoms with Crippen molar-refractivity contribution in [3.8, 4) is 0 Å². The van der Waals surface area contributed by atoms with Gasteiger partial charge in [-0.1, -0.05) is 44.2 Å². The Bertz CT molecular complexity index is 376. The molecule has 0 saturated heterocycles. The van der Waals surface area contributed by atoms with Crippen molar-refractivity contribution in [3.05, 3.63) is 35.9 Å². The molecule has 0 radical (unpaired) electrons. The van der Waals surface area contributed by atoms with Crippen LogP contribution in [0.3, 0.4) is 0 Å². The van der Waals surface area contributed by atoms with Gasteiger partial charge in [0.05, 0.1) is 13.0 Å². The van der Waals surface area contributed by atoms with Crippen LogP contribution in [-0.2, 0) is 9.53 Å². The first-order valence-corrected chi connectivity index (χ1v) is 6.86. The fraction of sp³-hybridized carbons (Fsp3) is 0.562. The summed E-state index contributed by atoms with van der Waals surface area (Å²) < 4.78 is 4.93. The average Bonchev–Trinajstić information content (AvgIpc) is 2.42. The lowest BCUT2D eigenvalue weighted by molar-refractivity contribution is -0.142. The summed E-state index contributed by atoms with van der Waals surface area (Å²) >= 11 is 0. The van der Waals surface area contributed by atoms with E-state index in [0.717, 1.165) is 18.5 Å². The van der Waals surface area contributed by atoms with Crippen molar-refractivity contribution in [2.75, 3.05) is 27.2 Å². The first-order valence-electron chi connectivity index (χ1n) is 6.86. The van der Waals surface area contributed by atoms with Gasteiger partial charge in [-0.2, -0.15) is 0 Å². The number of benzene rings is 1. The smallest absolute Gasteiger partial charge is 0.314 e. The second-order valence-corrected chi connectivity index (χ2v) is 5.43. The quantitative estimate of drug-likeness (QED) is 0.708. The molecular formula is C16H25NO2. The Morgan fingerprint density at radius 1 is 1.26 bits per heavy atom. The minimum atomic E-state index is -0.205. The predicted molar refractivity (Wildman–Crippen MR) is 78.2 cm³/mol. The number of hydrogen-bond donors (Lipinski definition) is 0. The fourth-order valence-corrected chi connectivity index (χ4v) is 2.03. The molecule has 3 nitrogen and oxygen atoms in total. The van der Waals surface area contributed by atoms with E-state index in [0.29, 0.717) is 12.5 Å². The number of ether oxygens (including phenoxy) is 1. The van der Waals surface area contributed by atoms with Crippen LogP contribution in [0.15, 0.2) is 30.3 Å². The standard InChI is InChI=1S/C16H25NO2/c1-13(2)10-11-17(3)12-15(16(18)19-4)14-8-6-5-7-9-14/h5-9,13,15H,10-12H2,1-4H3. The third-order valence-electron chi connectivity index (χ3n) is 3.27. The zero-order chi connectivity index (χ0) is 14.3. The molecule has 1 atom stereocenters. The summed E-state index contributed by atoms with van der Waals surface area (Å²) in [7, 11) is 3.51. The molecule has 19 heavy (non-hydrogen) atoms. The zero-order valence-electron chi connectivity index (χ0n) is 12.4. The Balaban J connectivity index is 2.68. The third-order valence-corrected chi connectivity index (χ3v) is 3.27. The van der Waals surface area contributed by atoms with Crippen LogP contribution in [0.2, 0.25) is 0 Å². The summed E-state index contributed by atoms with van der Waals surface area (Å²) in [6.45, 7) is 6.12. The van der Waals surface area contributed by atoms with Gasteiger partial charge in [0.15, 0.2) is 0 Å².